The van der Waals surface area contributed by atoms with Crippen LogP contribution in [0.5, 0.6) is 0 Å². The third-order valence-electron chi connectivity index (χ3n) is 5.28. The van der Waals surface area contributed by atoms with E-state index in [4.69, 9.17) is 5.73 Å². The summed E-state index contributed by atoms with van der Waals surface area (Å²) < 4.78 is 0. The fourth-order valence-corrected chi connectivity index (χ4v) is 4.51. The molecule has 3 amide bonds. The Hall–Kier alpha value is -2.26. The van der Waals surface area contributed by atoms with Gasteiger partial charge in [0.1, 0.15) is 6.04 Å². The molecule has 1 fully saturated rings. The Bertz CT molecular complexity index is 780. The van der Waals surface area contributed by atoms with Crippen molar-refractivity contribution >= 4 is 29.5 Å². The molecule has 1 saturated heterocycles. The number of carbonyl (C=O) groups is 3. The summed E-state index contributed by atoms with van der Waals surface area (Å²) in [6, 6.07) is 8.35. The highest BCUT2D eigenvalue weighted by molar-refractivity contribution is 7.99. The van der Waals surface area contributed by atoms with Gasteiger partial charge in [-0.25, -0.2) is 0 Å². The number of imide groups is 1. The van der Waals surface area contributed by atoms with Gasteiger partial charge in [0.15, 0.2) is 0 Å². The zero-order valence-corrected chi connectivity index (χ0v) is 17.6. The van der Waals surface area contributed by atoms with Crippen molar-refractivity contribution in [1.82, 2.24) is 4.90 Å². The molecule has 0 aromatic heterocycles. The van der Waals surface area contributed by atoms with E-state index in [1.165, 1.54) is 0 Å². The molecule has 28 heavy (non-hydrogen) atoms. The summed E-state index contributed by atoms with van der Waals surface area (Å²) in [4.78, 5) is 38.9. The molecule has 2 rings (SSSR count). The predicted octanol–water partition coefficient (Wildman–Crippen LogP) is 2.63. The third kappa shape index (κ3) is 5.39. The van der Waals surface area contributed by atoms with Gasteiger partial charge in [-0.05, 0) is 30.1 Å². The smallest absolute Gasteiger partial charge is 0.241 e. The molecule has 1 aromatic rings. The number of likely N-dealkylation sites (tertiary alicyclic amines) is 1. The van der Waals surface area contributed by atoms with Crippen molar-refractivity contribution in [1.29, 1.82) is 0 Å². The van der Waals surface area contributed by atoms with E-state index in [1.54, 1.807) is 11.8 Å². The monoisotopic (exact) mass is 400 g/mol. The largest absolute Gasteiger partial charge is 0.368 e. The van der Waals surface area contributed by atoms with Crippen LogP contribution in [0, 0.1) is 23.2 Å². The van der Waals surface area contributed by atoms with Crippen LogP contribution < -0.4 is 5.73 Å². The number of thioether (sulfide) groups is 1. The summed E-state index contributed by atoms with van der Waals surface area (Å²) in [5, 5.41) is 0. The molecule has 0 saturated carbocycles. The van der Waals surface area contributed by atoms with Crippen molar-refractivity contribution in [2.45, 2.75) is 46.1 Å². The summed E-state index contributed by atoms with van der Waals surface area (Å²) in [5.74, 6) is 5.81. The van der Waals surface area contributed by atoms with Crippen molar-refractivity contribution in [3.8, 4) is 11.8 Å². The Kier molecular flexibility index (Phi) is 7.70. The van der Waals surface area contributed by atoms with Crippen LogP contribution in [0.4, 0.5) is 0 Å². The maximum atomic E-state index is 13.1. The quantitative estimate of drug-likeness (QED) is 0.393. The molecule has 1 aliphatic heterocycles. The average Bonchev–Trinajstić information content (AvgIpc) is 2.95. The average molecular weight is 401 g/mol. The van der Waals surface area contributed by atoms with Gasteiger partial charge in [-0.1, -0.05) is 50.1 Å². The van der Waals surface area contributed by atoms with Gasteiger partial charge in [-0.2, -0.15) is 0 Å². The van der Waals surface area contributed by atoms with Crippen LogP contribution >= 0.6 is 11.8 Å². The molecule has 0 spiro atoms. The lowest BCUT2D eigenvalue weighted by Gasteiger charge is -2.31. The van der Waals surface area contributed by atoms with E-state index in [-0.39, 0.29) is 30.1 Å². The number of nitrogens with two attached hydrogens (primary N) is 1. The van der Waals surface area contributed by atoms with Crippen LogP contribution in [0.2, 0.25) is 0 Å². The first kappa shape index (κ1) is 22.0. The number of amides is 3. The zero-order valence-electron chi connectivity index (χ0n) is 16.7. The van der Waals surface area contributed by atoms with Gasteiger partial charge in [0, 0.05) is 12.8 Å². The minimum absolute atomic E-state index is 0.129. The fourth-order valence-electron chi connectivity index (χ4n) is 3.45. The molecule has 1 heterocycles. The van der Waals surface area contributed by atoms with Crippen molar-refractivity contribution in [3.05, 3.63) is 35.9 Å². The highest BCUT2D eigenvalue weighted by atomic mass is 32.2. The normalized spacial score (nSPS) is 18.0. The number of nitrogens with zero attached hydrogens (tertiary/aromatic N) is 1. The van der Waals surface area contributed by atoms with Crippen molar-refractivity contribution in [2.24, 2.45) is 17.1 Å². The van der Waals surface area contributed by atoms with Crippen molar-refractivity contribution < 1.29 is 14.4 Å². The van der Waals surface area contributed by atoms with Crippen LogP contribution in [0.15, 0.2) is 30.3 Å². The lowest BCUT2D eigenvalue weighted by molar-refractivity contribution is -0.147. The topological polar surface area (TPSA) is 80.5 Å². The van der Waals surface area contributed by atoms with Crippen molar-refractivity contribution in [3.63, 3.8) is 0 Å². The first-order chi connectivity index (χ1) is 13.3. The Labute approximate surface area is 171 Å². The van der Waals surface area contributed by atoms with Crippen LogP contribution in [0.1, 0.15) is 39.2 Å². The molecular weight excluding hydrogens is 372 g/mol. The molecule has 1 aromatic carbocycles. The Balaban J connectivity index is 2.11. The summed E-state index contributed by atoms with van der Waals surface area (Å²) >= 11 is 1.72. The lowest BCUT2D eigenvalue weighted by atomic mass is 9.76. The van der Waals surface area contributed by atoms with Crippen LogP contribution in [0.3, 0.4) is 0 Å². The highest BCUT2D eigenvalue weighted by Gasteiger charge is 2.49. The van der Waals surface area contributed by atoms with Crippen LogP contribution in [-0.4, -0.2) is 40.2 Å². The van der Waals surface area contributed by atoms with Crippen LogP contribution in [0.25, 0.3) is 0 Å². The minimum atomic E-state index is -0.947. The summed E-state index contributed by atoms with van der Waals surface area (Å²) in [6.07, 6.45) is 1.16. The molecule has 5 nitrogen and oxygen atoms in total. The van der Waals surface area contributed by atoms with Gasteiger partial charge in [0.05, 0.1) is 11.7 Å². The van der Waals surface area contributed by atoms with E-state index in [9.17, 15) is 14.4 Å². The lowest BCUT2D eigenvalue weighted by Crippen LogP contribution is -2.50. The molecule has 0 aliphatic carbocycles. The number of benzene rings is 1. The summed E-state index contributed by atoms with van der Waals surface area (Å²) in [5.41, 5.74) is 6.09. The van der Waals surface area contributed by atoms with Gasteiger partial charge in [-0.3, -0.25) is 19.3 Å². The first-order valence-corrected chi connectivity index (χ1v) is 10.6. The minimum Gasteiger partial charge on any atom is -0.368 e. The van der Waals surface area contributed by atoms with Crippen LogP contribution in [-0.2, 0) is 20.8 Å². The second kappa shape index (κ2) is 9.79. The molecule has 0 bridgehead atoms. The standard InChI is InChI=1S/C22H28N2O3S/c1-4-5-12-28-13-11-22(2,3)17-15-19(25)24(21(17)27)18(20(23)26)14-16-9-7-6-8-10-16/h6-10,17-18H,11-15H2,1-3H3,(H2,23,26)/t17-,18-/m0/s1. The number of hydrogen-bond donors (Lipinski definition) is 1. The van der Waals surface area contributed by atoms with Gasteiger partial charge in [0.2, 0.25) is 17.7 Å². The van der Waals surface area contributed by atoms with Gasteiger partial charge in [0.25, 0.3) is 0 Å². The maximum Gasteiger partial charge on any atom is 0.241 e. The fraction of sp³-hybridized carbons (Fsp3) is 0.500. The predicted molar refractivity (Wildman–Crippen MR) is 112 cm³/mol. The van der Waals surface area contributed by atoms with Crippen molar-refractivity contribution in [2.75, 3.05) is 11.5 Å². The highest BCUT2D eigenvalue weighted by Crippen LogP contribution is 2.40. The van der Waals surface area contributed by atoms with Gasteiger partial charge < -0.3 is 5.73 Å². The molecule has 1 aliphatic rings. The maximum absolute atomic E-state index is 13.1. The number of carbonyl (C=O) groups excluding carboxylic acids is 3. The Morgan fingerprint density at radius 1 is 1.32 bits per heavy atom. The third-order valence-corrected chi connectivity index (χ3v) is 6.12. The molecule has 0 unspecified atom stereocenters. The number of primary amides is 1. The van der Waals surface area contributed by atoms with E-state index in [0.717, 1.165) is 28.4 Å². The second-order valence-corrected chi connectivity index (χ2v) is 8.79. The van der Waals surface area contributed by atoms with Gasteiger partial charge >= 0.3 is 0 Å². The van der Waals surface area contributed by atoms with E-state index >= 15 is 0 Å². The molecular formula is C22H28N2O3S. The molecule has 6 heteroatoms. The number of hydrogen-bond acceptors (Lipinski definition) is 4. The van der Waals surface area contributed by atoms with E-state index < -0.39 is 17.9 Å². The Morgan fingerprint density at radius 3 is 2.61 bits per heavy atom. The first-order valence-electron chi connectivity index (χ1n) is 9.44. The van der Waals surface area contributed by atoms with E-state index in [1.807, 2.05) is 51.1 Å². The SMILES string of the molecule is CC#CCSCCC(C)(C)[C@H]1CC(=O)N([C@@H](Cc2ccccc2)C(N)=O)C1=O. The van der Waals surface area contributed by atoms with E-state index in [2.05, 4.69) is 11.8 Å². The Morgan fingerprint density at radius 2 is 2.00 bits per heavy atom. The van der Waals surface area contributed by atoms with Gasteiger partial charge in [-0.15, -0.1) is 17.7 Å². The summed E-state index contributed by atoms with van der Waals surface area (Å²) in [7, 11) is 0. The molecule has 2 N–H and O–H groups in total. The zero-order chi connectivity index (χ0) is 20.7. The summed E-state index contributed by atoms with van der Waals surface area (Å²) in [6.45, 7) is 5.83. The number of rotatable bonds is 9. The molecule has 0 radical (unpaired) electrons. The molecule has 150 valence electrons. The van der Waals surface area contributed by atoms with E-state index in [0.29, 0.717) is 0 Å². The second-order valence-electron chi connectivity index (χ2n) is 7.68. The molecule has 2 atom stereocenters.